The normalized spacial score (nSPS) is 17.3. The summed E-state index contributed by atoms with van der Waals surface area (Å²) in [4.78, 5) is 16.5. The van der Waals surface area contributed by atoms with Crippen LogP contribution in [-0.4, -0.2) is 36.7 Å². The van der Waals surface area contributed by atoms with Gasteiger partial charge in [-0.15, -0.1) is 23.7 Å². The topological polar surface area (TPSA) is 63.2 Å². The molecule has 1 aromatic heterocycles. The lowest BCUT2D eigenvalue weighted by molar-refractivity contribution is -0.117. The minimum absolute atomic E-state index is 0. The van der Waals surface area contributed by atoms with Gasteiger partial charge in [0.05, 0.1) is 23.9 Å². The Hall–Kier alpha value is -1.47. The fourth-order valence-electron chi connectivity index (χ4n) is 2.41. The van der Waals surface area contributed by atoms with Gasteiger partial charge in [-0.1, -0.05) is 12.1 Å². The molecule has 7 heteroatoms. The van der Waals surface area contributed by atoms with Crippen molar-refractivity contribution in [3.05, 3.63) is 34.7 Å². The fraction of sp³-hybridized carbons (Fsp3) is 0.375. The van der Waals surface area contributed by atoms with Gasteiger partial charge in [-0.25, -0.2) is 4.98 Å². The van der Waals surface area contributed by atoms with E-state index in [2.05, 4.69) is 15.6 Å². The van der Waals surface area contributed by atoms with Crippen molar-refractivity contribution in [2.75, 3.05) is 25.1 Å². The Kier molecular flexibility index (Phi) is 6.53. The van der Waals surface area contributed by atoms with Gasteiger partial charge >= 0.3 is 0 Å². The summed E-state index contributed by atoms with van der Waals surface area (Å²) in [5.41, 5.74) is 2.84. The average Bonchev–Trinajstić information content (AvgIpc) is 2.95. The van der Waals surface area contributed by atoms with Gasteiger partial charge < -0.3 is 15.4 Å². The number of anilines is 1. The van der Waals surface area contributed by atoms with Gasteiger partial charge in [0.15, 0.2) is 0 Å². The lowest BCUT2D eigenvalue weighted by Gasteiger charge is -2.23. The number of aryl methyl sites for hydroxylation is 1. The molecule has 2 N–H and O–H groups in total. The summed E-state index contributed by atoms with van der Waals surface area (Å²) in [5, 5.41) is 9.29. The number of carbonyl (C=O) groups is 1. The van der Waals surface area contributed by atoms with Gasteiger partial charge in [0, 0.05) is 35.6 Å². The number of benzene rings is 1. The summed E-state index contributed by atoms with van der Waals surface area (Å²) in [6.45, 7) is 4.11. The molecule has 1 aromatic carbocycles. The number of hydrogen-bond acceptors (Lipinski definition) is 5. The number of halogens is 1. The highest BCUT2D eigenvalue weighted by molar-refractivity contribution is 7.09. The Labute approximate surface area is 145 Å². The molecule has 0 radical (unpaired) electrons. The highest BCUT2D eigenvalue weighted by atomic mass is 35.5. The van der Waals surface area contributed by atoms with E-state index in [1.807, 2.05) is 36.6 Å². The summed E-state index contributed by atoms with van der Waals surface area (Å²) in [6, 6.07) is 7.88. The molecule has 1 aliphatic rings. The molecular weight excluding hydrogens is 334 g/mol. The summed E-state index contributed by atoms with van der Waals surface area (Å²) in [7, 11) is 0. The van der Waals surface area contributed by atoms with Gasteiger partial charge in [0.1, 0.15) is 0 Å². The van der Waals surface area contributed by atoms with E-state index in [4.69, 9.17) is 4.74 Å². The average molecular weight is 354 g/mol. The van der Waals surface area contributed by atoms with Crippen molar-refractivity contribution in [3.63, 3.8) is 0 Å². The molecule has 0 spiro atoms. The molecule has 2 aromatic rings. The van der Waals surface area contributed by atoms with E-state index in [0.29, 0.717) is 13.0 Å². The minimum atomic E-state index is 0. The number of rotatable bonds is 4. The maximum atomic E-state index is 12.0. The van der Waals surface area contributed by atoms with E-state index >= 15 is 0 Å². The lowest BCUT2D eigenvalue weighted by Crippen LogP contribution is -2.43. The molecule has 0 bridgehead atoms. The molecule has 1 saturated heterocycles. The number of hydrogen-bond donors (Lipinski definition) is 2. The zero-order valence-electron chi connectivity index (χ0n) is 12.9. The molecule has 1 atom stereocenters. The first-order chi connectivity index (χ1) is 10.7. The molecule has 23 heavy (non-hydrogen) atoms. The van der Waals surface area contributed by atoms with E-state index in [-0.39, 0.29) is 24.4 Å². The molecule has 1 unspecified atom stereocenters. The maximum Gasteiger partial charge on any atom is 0.226 e. The molecule has 0 aliphatic carbocycles. The van der Waals surface area contributed by atoms with Crippen molar-refractivity contribution in [2.24, 2.45) is 0 Å². The Morgan fingerprint density at radius 3 is 2.83 bits per heavy atom. The molecule has 1 amide bonds. The largest absolute Gasteiger partial charge is 0.378 e. The standard InChI is InChI=1S/C16H19N3O2S.ClH/c1-11-18-15(10-22-11)12-2-4-13(5-3-12)19-16(20)8-14-9-21-7-6-17-14;/h2-5,10,14,17H,6-9H2,1H3,(H,19,20);1H. The van der Waals surface area contributed by atoms with Crippen molar-refractivity contribution in [3.8, 4) is 11.3 Å². The van der Waals surface area contributed by atoms with E-state index < -0.39 is 0 Å². The number of amides is 1. The molecule has 3 rings (SSSR count). The lowest BCUT2D eigenvalue weighted by atomic mass is 10.1. The SMILES string of the molecule is Cc1nc(-c2ccc(NC(=O)CC3COCCN3)cc2)cs1.Cl. The molecule has 2 heterocycles. The number of morpholine rings is 1. The maximum absolute atomic E-state index is 12.0. The Morgan fingerprint density at radius 1 is 1.43 bits per heavy atom. The first-order valence-electron chi connectivity index (χ1n) is 7.34. The molecule has 0 saturated carbocycles. The zero-order valence-corrected chi connectivity index (χ0v) is 14.5. The number of ether oxygens (including phenoxy) is 1. The first kappa shape index (κ1) is 17.9. The van der Waals surface area contributed by atoms with Crippen LogP contribution < -0.4 is 10.6 Å². The van der Waals surface area contributed by atoms with Crippen molar-refractivity contribution >= 4 is 35.3 Å². The van der Waals surface area contributed by atoms with Crippen molar-refractivity contribution in [1.82, 2.24) is 10.3 Å². The summed E-state index contributed by atoms with van der Waals surface area (Å²) in [5.74, 6) is 0.000234. The minimum Gasteiger partial charge on any atom is -0.378 e. The molecule has 124 valence electrons. The van der Waals surface area contributed by atoms with Crippen LogP contribution in [0, 0.1) is 6.92 Å². The van der Waals surface area contributed by atoms with Gasteiger partial charge in [-0.3, -0.25) is 4.79 Å². The second-order valence-corrected chi connectivity index (χ2v) is 6.37. The molecule has 1 aliphatic heterocycles. The van der Waals surface area contributed by atoms with Crippen LogP contribution in [0.15, 0.2) is 29.6 Å². The number of thiazole rings is 1. The van der Waals surface area contributed by atoms with Crippen LogP contribution in [-0.2, 0) is 9.53 Å². The summed E-state index contributed by atoms with van der Waals surface area (Å²) < 4.78 is 5.35. The van der Waals surface area contributed by atoms with E-state index in [0.717, 1.165) is 35.1 Å². The van der Waals surface area contributed by atoms with Gasteiger partial charge in [-0.2, -0.15) is 0 Å². The predicted molar refractivity (Wildman–Crippen MR) is 95.4 cm³/mol. The van der Waals surface area contributed by atoms with Crippen LogP contribution in [0.4, 0.5) is 5.69 Å². The van der Waals surface area contributed by atoms with Crippen molar-refractivity contribution in [2.45, 2.75) is 19.4 Å². The number of nitrogens with zero attached hydrogens (tertiary/aromatic N) is 1. The van der Waals surface area contributed by atoms with Crippen LogP contribution >= 0.6 is 23.7 Å². The van der Waals surface area contributed by atoms with Gasteiger partial charge in [-0.05, 0) is 19.1 Å². The third-order valence-electron chi connectivity index (χ3n) is 3.51. The van der Waals surface area contributed by atoms with Crippen molar-refractivity contribution in [1.29, 1.82) is 0 Å². The Balaban J connectivity index is 0.00000192. The smallest absolute Gasteiger partial charge is 0.226 e. The van der Waals surface area contributed by atoms with Crippen LogP contribution in [0.3, 0.4) is 0 Å². The Bertz CT molecular complexity index is 639. The quantitative estimate of drug-likeness (QED) is 0.887. The summed E-state index contributed by atoms with van der Waals surface area (Å²) in [6.07, 6.45) is 0.424. The zero-order chi connectivity index (χ0) is 15.4. The highest BCUT2D eigenvalue weighted by Gasteiger charge is 2.16. The number of carbonyl (C=O) groups excluding carboxylic acids is 1. The van der Waals surface area contributed by atoms with Crippen molar-refractivity contribution < 1.29 is 9.53 Å². The number of nitrogens with one attached hydrogen (secondary N) is 2. The van der Waals surface area contributed by atoms with Crippen LogP contribution in [0.1, 0.15) is 11.4 Å². The second kappa shape index (κ2) is 8.40. The monoisotopic (exact) mass is 353 g/mol. The predicted octanol–water partition coefficient (Wildman–Crippen LogP) is 2.86. The molecule has 5 nitrogen and oxygen atoms in total. The van der Waals surface area contributed by atoms with E-state index in [1.54, 1.807) is 11.3 Å². The molecular formula is C16H20ClN3O2S. The highest BCUT2D eigenvalue weighted by Crippen LogP contribution is 2.23. The van der Waals surface area contributed by atoms with E-state index in [9.17, 15) is 4.79 Å². The third-order valence-corrected chi connectivity index (χ3v) is 4.29. The second-order valence-electron chi connectivity index (χ2n) is 5.31. The first-order valence-corrected chi connectivity index (χ1v) is 8.22. The van der Waals surface area contributed by atoms with Gasteiger partial charge in [0.25, 0.3) is 0 Å². The van der Waals surface area contributed by atoms with Crippen LogP contribution in [0.5, 0.6) is 0 Å². The van der Waals surface area contributed by atoms with Crippen LogP contribution in [0.2, 0.25) is 0 Å². The fourth-order valence-corrected chi connectivity index (χ4v) is 3.03. The van der Waals surface area contributed by atoms with Crippen LogP contribution in [0.25, 0.3) is 11.3 Å². The Morgan fingerprint density at radius 2 is 2.22 bits per heavy atom. The van der Waals surface area contributed by atoms with Gasteiger partial charge in [0.2, 0.25) is 5.91 Å². The third kappa shape index (κ3) is 5.00. The number of aromatic nitrogens is 1. The van der Waals surface area contributed by atoms with E-state index in [1.165, 1.54) is 0 Å². The molecule has 1 fully saturated rings. The summed E-state index contributed by atoms with van der Waals surface area (Å²) >= 11 is 1.63.